The minimum absolute atomic E-state index is 0.102. The molecule has 0 amide bonds. The number of fused-ring (bicyclic) bond motifs is 2. The molecule has 1 aromatic rings. The van der Waals surface area contributed by atoms with Crippen molar-refractivity contribution >= 4 is 11.6 Å². The molecule has 17 heavy (non-hydrogen) atoms. The van der Waals surface area contributed by atoms with Crippen molar-refractivity contribution in [2.45, 2.75) is 0 Å². The quantitative estimate of drug-likeness (QED) is 0.702. The van der Waals surface area contributed by atoms with Crippen LogP contribution in [0.2, 0.25) is 0 Å². The smallest absolute Gasteiger partial charge is 0.0489 e. The van der Waals surface area contributed by atoms with Crippen LogP contribution in [0.4, 0.5) is 0 Å². The molecular weight excluding hydrogens is 210 g/mol. The zero-order valence-corrected chi connectivity index (χ0v) is 9.30. The Balaban J connectivity index is 2.37. The predicted molar refractivity (Wildman–Crippen MR) is 68.3 cm³/mol. The fraction of sp³-hybridized carbons (Fsp3) is 0.0667. The Hall–Kier alpha value is -2.06. The molecule has 2 heteroatoms. The van der Waals surface area contributed by atoms with Gasteiger partial charge in [-0.3, -0.25) is 10.7 Å². The molecule has 1 unspecified atom stereocenters. The van der Waals surface area contributed by atoms with E-state index in [9.17, 15) is 5.21 Å². The summed E-state index contributed by atoms with van der Waals surface area (Å²) in [5.74, 6) is 0.102. The van der Waals surface area contributed by atoms with Crippen molar-refractivity contribution in [3.63, 3.8) is 0 Å². The largest absolute Gasteiger partial charge is 0.291 e. The molecule has 0 spiro atoms. The summed E-state index contributed by atoms with van der Waals surface area (Å²) < 4.78 is 0. The first-order chi connectivity index (χ1) is 8.40. The van der Waals surface area contributed by atoms with Gasteiger partial charge in [0.05, 0.1) is 0 Å². The van der Waals surface area contributed by atoms with Crippen molar-refractivity contribution in [1.82, 2.24) is 5.48 Å². The summed E-state index contributed by atoms with van der Waals surface area (Å²) in [5.41, 5.74) is 4.32. The lowest BCUT2D eigenvalue weighted by atomic mass is 9.90. The molecule has 0 bridgehead atoms. The number of hydrogen-bond donors (Lipinski definition) is 2. The van der Waals surface area contributed by atoms with E-state index in [0.29, 0.717) is 0 Å². The average Bonchev–Trinajstić information content (AvgIpc) is 2.56. The monoisotopic (exact) mass is 223 g/mol. The van der Waals surface area contributed by atoms with Gasteiger partial charge in [0.1, 0.15) is 0 Å². The van der Waals surface area contributed by atoms with Gasteiger partial charge in [-0.25, -0.2) is 0 Å². The third kappa shape index (κ3) is 1.63. The Kier molecular flexibility index (Phi) is 2.42. The molecular formula is C15H13NO. The van der Waals surface area contributed by atoms with Crippen molar-refractivity contribution in [3.8, 4) is 0 Å². The van der Waals surface area contributed by atoms with E-state index in [2.05, 4.69) is 29.8 Å². The summed E-state index contributed by atoms with van der Waals surface area (Å²) in [6.07, 6.45) is 12.2. The van der Waals surface area contributed by atoms with Gasteiger partial charge in [0.15, 0.2) is 0 Å². The number of rotatable bonds is 1. The van der Waals surface area contributed by atoms with Crippen LogP contribution in [0.15, 0.2) is 60.3 Å². The van der Waals surface area contributed by atoms with Crippen LogP contribution in [-0.2, 0) is 0 Å². The second-order valence-corrected chi connectivity index (χ2v) is 4.16. The highest BCUT2D eigenvalue weighted by Gasteiger charge is 2.18. The number of benzene rings is 1. The molecule has 2 aliphatic carbocycles. The zero-order valence-electron chi connectivity index (χ0n) is 9.30. The van der Waals surface area contributed by atoms with Crippen molar-refractivity contribution < 1.29 is 5.21 Å². The summed E-state index contributed by atoms with van der Waals surface area (Å²) >= 11 is 0. The van der Waals surface area contributed by atoms with Crippen LogP contribution in [0.5, 0.6) is 0 Å². The number of nitrogens with one attached hydrogen (secondary N) is 1. The van der Waals surface area contributed by atoms with Crippen LogP contribution in [-0.4, -0.2) is 5.21 Å². The molecule has 0 heterocycles. The van der Waals surface area contributed by atoms with Gasteiger partial charge in [-0.2, -0.15) is 0 Å². The first kappa shape index (κ1) is 10.1. The van der Waals surface area contributed by atoms with Crippen LogP contribution in [0.25, 0.3) is 11.6 Å². The predicted octanol–water partition coefficient (Wildman–Crippen LogP) is 1.24. The lowest BCUT2D eigenvalue weighted by Gasteiger charge is -2.18. The fourth-order valence-corrected chi connectivity index (χ4v) is 2.37. The van der Waals surface area contributed by atoms with Gasteiger partial charge in [-0.15, -0.1) is 0 Å². The first-order valence-electron chi connectivity index (χ1n) is 5.66. The maximum Gasteiger partial charge on any atom is 0.0489 e. The Morgan fingerprint density at radius 1 is 1.06 bits per heavy atom. The van der Waals surface area contributed by atoms with Crippen LogP contribution in [0.3, 0.4) is 0 Å². The summed E-state index contributed by atoms with van der Waals surface area (Å²) in [6, 6.07) is 8.27. The maximum atomic E-state index is 9.22. The van der Waals surface area contributed by atoms with E-state index >= 15 is 0 Å². The Bertz CT molecular complexity index is 650. The Labute approximate surface area is 99.6 Å². The van der Waals surface area contributed by atoms with Crippen LogP contribution in [0, 0.1) is 5.92 Å². The molecule has 2 aliphatic rings. The number of hydroxylamine groups is 1. The second kappa shape index (κ2) is 4.07. The maximum absolute atomic E-state index is 9.22. The molecule has 1 atom stereocenters. The van der Waals surface area contributed by atoms with E-state index in [0.717, 1.165) is 5.70 Å². The normalized spacial score (nSPS) is 20.9. The minimum atomic E-state index is 0.102. The number of allylic oxidation sites excluding steroid dienone is 5. The number of hydrogen-bond acceptors (Lipinski definition) is 2. The third-order valence-electron chi connectivity index (χ3n) is 3.20. The van der Waals surface area contributed by atoms with E-state index in [1.165, 1.54) is 16.0 Å². The standard InChI is InChI=1S/C15H13NO/c17-16-15-10-9-11-5-1-2-6-12(11)13-7-3-4-8-14(13)15/h1-10,14,16-17H. The molecule has 0 saturated heterocycles. The van der Waals surface area contributed by atoms with E-state index in [-0.39, 0.29) is 5.92 Å². The Morgan fingerprint density at radius 3 is 2.82 bits per heavy atom. The highest BCUT2D eigenvalue weighted by molar-refractivity contribution is 5.69. The minimum Gasteiger partial charge on any atom is -0.291 e. The summed E-state index contributed by atoms with van der Waals surface area (Å²) in [6.45, 7) is 0. The summed E-state index contributed by atoms with van der Waals surface area (Å²) in [5, 5.41) is 11.6. The van der Waals surface area contributed by atoms with Crippen molar-refractivity contribution in [2.75, 3.05) is 0 Å². The highest BCUT2D eigenvalue weighted by Crippen LogP contribution is 2.25. The first-order valence-corrected chi connectivity index (χ1v) is 5.66. The molecule has 84 valence electrons. The summed E-state index contributed by atoms with van der Waals surface area (Å²) in [4.78, 5) is 0. The van der Waals surface area contributed by atoms with Gasteiger partial charge in [-0.1, -0.05) is 54.6 Å². The molecule has 2 N–H and O–H groups in total. The van der Waals surface area contributed by atoms with Crippen molar-refractivity contribution in [2.24, 2.45) is 5.92 Å². The average molecular weight is 223 g/mol. The second-order valence-electron chi connectivity index (χ2n) is 4.16. The SMILES string of the molecule is ONC1=CC=c2ccccc2=C2C=CC=CC12. The van der Waals surface area contributed by atoms with E-state index < -0.39 is 0 Å². The van der Waals surface area contributed by atoms with Gasteiger partial charge in [-0.05, 0) is 22.1 Å². The van der Waals surface area contributed by atoms with Gasteiger partial charge in [0, 0.05) is 11.6 Å². The fourth-order valence-electron chi connectivity index (χ4n) is 2.37. The molecule has 1 aromatic carbocycles. The van der Waals surface area contributed by atoms with Crippen molar-refractivity contribution in [3.05, 3.63) is 70.8 Å². The third-order valence-corrected chi connectivity index (χ3v) is 3.20. The van der Waals surface area contributed by atoms with Crippen LogP contribution >= 0.6 is 0 Å². The molecule has 0 saturated carbocycles. The molecule has 0 aliphatic heterocycles. The topological polar surface area (TPSA) is 32.3 Å². The lowest BCUT2D eigenvalue weighted by molar-refractivity contribution is 0.194. The molecule has 0 radical (unpaired) electrons. The van der Waals surface area contributed by atoms with Gasteiger partial charge < -0.3 is 0 Å². The molecule has 3 rings (SSSR count). The highest BCUT2D eigenvalue weighted by atomic mass is 16.5. The van der Waals surface area contributed by atoms with E-state index in [1.54, 1.807) is 0 Å². The van der Waals surface area contributed by atoms with Gasteiger partial charge in [0.2, 0.25) is 0 Å². The molecule has 2 nitrogen and oxygen atoms in total. The van der Waals surface area contributed by atoms with E-state index in [4.69, 9.17) is 0 Å². The van der Waals surface area contributed by atoms with Gasteiger partial charge >= 0.3 is 0 Å². The van der Waals surface area contributed by atoms with Gasteiger partial charge in [0.25, 0.3) is 0 Å². The van der Waals surface area contributed by atoms with Crippen LogP contribution < -0.4 is 15.9 Å². The van der Waals surface area contributed by atoms with Crippen LogP contribution in [0.1, 0.15) is 0 Å². The molecule has 0 aromatic heterocycles. The zero-order chi connectivity index (χ0) is 11.7. The summed E-state index contributed by atoms with van der Waals surface area (Å²) in [7, 11) is 0. The lowest BCUT2D eigenvalue weighted by Crippen LogP contribution is -2.28. The molecule has 0 fully saturated rings. The van der Waals surface area contributed by atoms with Crippen molar-refractivity contribution in [1.29, 1.82) is 0 Å². The van der Waals surface area contributed by atoms with E-state index in [1.807, 2.05) is 36.4 Å². The Morgan fingerprint density at radius 2 is 1.94 bits per heavy atom.